The molecule has 1 aromatic rings. The van der Waals surface area contributed by atoms with Crippen molar-refractivity contribution < 1.29 is 27.9 Å². The largest absolute Gasteiger partial charge is 0.497 e. The summed E-state index contributed by atoms with van der Waals surface area (Å²) in [5, 5.41) is 8.87. The van der Waals surface area contributed by atoms with Crippen LogP contribution in [-0.2, 0) is 19.6 Å². The molecular weight excluding hydrogens is 288 g/mol. The molecule has 0 radical (unpaired) electrons. The first-order valence-electron chi connectivity index (χ1n) is 5.44. The fraction of sp³-hybridized carbons (Fsp3) is 0.273. The average molecular weight is 302 g/mol. The summed E-state index contributed by atoms with van der Waals surface area (Å²) in [5.41, 5.74) is 4.88. The van der Waals surface area contributed by atoms with Crippen LogP contribution in [0.5, 0.6) is 5.75 Å². The minimum absolute atomic E-state index is 0.174. The van der Waals surface area contributed by atoms with Crippen LogP contribution in [0.3, 0.4) is 0 Å². The van der Waals surface area contributed by atoms with Crippen molar-refractivity contribution in [2.24, 2.45) is 5.73 Å². The van der Waals surface area contributed by atoms with E-state index in [2.05, 4.69) is 0 Å². The lowest BCUT2D eigenvalue weighted by Gasteiger charge is -2.13. The summed E-state index contributed by atoms with van der Waals surface area (Å²) in [6.07, 6.45) is -0.640. The number of primary amides is 1. The Morgan fingerprint density at radius 3 is 2.60 bits per heavy atom. The second-order valence-corrected chi connectivity index (χ2v) is 5.58. The van der Waals surface area contributed by atoms with E-state index < -0.39 is 34.4 Å². The highest BCUT2D eigenvalue weighted by atomic mass is 32.2. The molecule has 8 nitrogen and oxygen atoms in total. The van der Waals surface area contributed by atoms with E-state index in [9.17, 15) is 18.0 Å². The van der Waals surface area contributed by atoms with E-state index in [1.165, 1.54) is 31.4 Å². The summed E-state index contributed by atoms with van der Waals surface area (Å²) in [4.78, 5) is 21.5. The minimum atomic E-state index is -4.10. The summed E-state index contributed by atoms with van der Waals surface area (Å²) in [7, 11) is -2.73. The zero-order valence-electron chi connectivity index (χ0n) is 10.6. The third-order valence-electron chi connectivity index (χ3n) is 2.35. The van der Waals surface area contributed by atoms with E-state index in [-0.39, 0.29) is 4.90 Å². The number of hydrogen-bond donors (Lipinski definition) is 3. The lowest BCUT2D eigenvalue weighted by Crippen LogP contribution is -2.43. The minimum Gasteiger partial charge on any atom is -0.497 e. The maximum absolute atomic E-state index is 12.0. The van der Waals surface area contributed by atoms with Gasteiger partial charge in [-0.25, -0.2) is 8.42 Å². The fourth-order valence-corrected chi connectivity index (χ4v) is 2.63. The van der Waals surface area contributed by atoms with E-state index in [0.717, 1.165) is 0 Å². The Morgan fingerprint density at radius 2 is 2.10 bits per heavy atom. The van der Waals surface area contributed by atoms with Gasteiger partial charge in [-0.3, -0.25) is 9.59 Å². The van der Waals surface area contributed by atoms with Crippen molar-refractivity contribution in [3.05, 3.63) is 24.3 Å². The predicted molar refractivity (Wildman–Crippen MR) is 68.6 cm³/mol. The standard InChI is InChI=1S/C11H14N2O6S/c1-19-7-3-2-4-8(5-7)20(17,18)13-9(11(15)16)6-10(12)14/h2-5,9,13H,6H2,1H3,(H2,12,14)(H,15,16)/t9-/m1/s1. The van der Waals surface area contributed by atoms with Gasteiger partial charge in [-0.1, -0.05) is 6.07 Å². The lowest BCUT2D eigenvalue weighted by molar-refractivity contribution is -0.140. The van der Waals surface area contributed by atoms with E-state index >= 15 is 0 Å². The van der Waals surface area contributed by atoms with Gasteiger partial charge in [0.05, 0.1) is 18.4 Å². The van der Waals surface area contributed by atoms with Crippen LogP contribution in [-0.4, -0.2) is 38.6 Å². The van der Waals surface area contributed by atoms with Crippen LogP contribution in [0.2, 0.25) is 0 Å². The molecule has 1 rings (SSSR count). The quantitative estimate of drug-likeness (QED) is 0.609. The molecule has 20 heavy (non-hydrogen) atoms. The first-order valence-corrected chi connectivity index (χ1v) is 6.92. The van der Waals surface area contributed by atoms with Gasteiger partial charge in [-0.15, -0.1) is 0 Å². The maximum atomic E-state index is 12.0. The Kier molecular flexibility index (Phi) is 5.06. The SMILES string of the molecule is COc1cccc(S(=O)(=O)N[C@H](CC(N)=O)C(=O)O)c1. The number of amides is 1. The van der Waals surface area contributed by atoms with Crippen molar-refractivity contribution in [3.8, 4) is 5.75 Å². The van der Waals surface area contributed by atoms with Crippen LogP contribution in [0, 0.1) is 0 Å². The number of carboxylic acids is 1. The molecule has 0 aliphatic carbocycles. The third-order valence-corrected chi connectivity index (χ3v) is 3.82. The number of benzene rings is 1. The van der Waals surface area contributed by atoms with Crippen molar-refractivity contribution in [1.82, 2.24) is 4.72 Å². The Balaban J connectivity index is 3.02. The number of methoxy groups -OCH3 is 1. The number of nitrogens with one attached hydrogen (secondary N) is 1. The normalized spacial score (nSPS) is 12.7. The van der Waals surface area contributed by atoms with Gasteiger partial charge in [0.1, 0.15) is 11.8 Å². The molecule has 0 aliphatic rings. The zero-order chi connectivity index (χ0) is 15.3. The number of carbonyl (C=O) groups excluding carboxylic acids is 1. The van der Waals surface area contributed by atoms with Crippen LogP contribution in [0.15, 0.2) is 29.2 Å². The molecule has 4 N–H and O–H groups in total. The van der Waals surface area contributed by atoms with Crippen molar-refractivity contribution in [2.75, 3.05) is 7.11 Å². The number of ether oxygens (including phenoxy) is 1. The lowest BCUT2D eigenvalue weighted by atomic mass is 10.2. The molecule has 9 heteroatoms. The van der Waals surface area contributed by atoms with Crippen LogP contribution in [0.4, 0.5) is 0 Å². The second kappa shape index (κ2) is 6.35. The van der Waals surface area contributed by atoms with Gasteiger partial charge >= 0.3 is 5.97 Å². The van der Waals surface area contributed by atoms with Gasteiger partial charge in [0, 0.05) is 6.07 Å². The van der Waals surface area contributed by atoms with Gasteiger partial charge in [0.15, 0.2) is 0 Å². The number of carboxylic acid groups (broad SMARTS) is 1. The van der Waals surface area contributed by atoms with Gasteiger partial charge in [0.25, 0.3) is 0 Å². The molecule has 0 bridgehead atoms. The fourth-order valence-electron chi connectivity index (χ4n) is 1.40. The first kappa shape index (κ1) is 15.9. The van der Waals surface area contributed by atoms with E-state index in [1.807, 2.05) is 4.72 Å². The molecular formula is C11H14N2O6S. The molecule has 0 aromatic heterocycles. The number of rotatable bonds is 7. The molecule has 0 saturated carbocycles. The average Bonchev–Trinajstić information content (AvgIpc) is 2.37. The zero-order valence-corrected chi connectivity index (χ0v) is 11.4. The van der Waals surface area contributed by atoms with Crippen molar-refractivity contribution in [2.45, 2.75) is 17.4 Å². The molecule has 0 spiro atoms. The number of carbonyl (C=O) groups is 2. The first-order chi connectivity index (χ1) is 9.26. The van der Waals surface area contributed by atoms with Crippen LogP contribution >= 0.6 is 0 Å². The Labute approximate surface area is 115 Å². The van der Waals surface area contributed by atoms with E-state index in [4.69, 9.17) is 15.6 Å². The molecule has 0 aliphatic heterocycles. The van der Waals surface area contributed by atoms with Crippen molar-refractivity contribution in [1.29, 1.82) is 0 Å². The Morgan fingerprint density at radius 1 is 1.45 bits per heavy atom. The molecule has 0 fully saturated rings. The van der Waals surface area contributed by atoms with Crippen molar-refractivity contribution >= 4 is 21.9 Å². The number of sulfonamides is 1. The summed E-state index contributed by atoms with van der Waals surface area (Å²) >= 11 is 0. The molecule has 0 heterocycles. The van der Waals surface area contributed by atoms with Gasteiger partial charge in [-0.2, -0.15) is 4.72 Å². The number of nitrogens with two attached hydrogens (primary N) is 1. The Bertz CT molecular complexity index is 613. The topological polar surface area (TPSA) is 136 Å². The summed E-state index contributed by atoms with van der Waals surface area (Å²) in [6, 6.07) is 3.86. The van der Waals surface area contributed by atoms with Gasteiger partial charge in [0.2, 0.25) is 15.9 Å². The highest BCUT2D eigenvalue weighted by Gasteiger charge is 2.27. The highest BCUT2D eigenvalue weighted by molar-refractivity contribution is 7.89. The number of hydrogen-bond acceptors (Lipinski definition) is 5. The smallest absolute Gasteiger partial charge is 0.322 e. The molecule has 110 valence electrons. The highest BCUT2D eigenvalue weighted by Crippen LogP contribution is 2.17. The van der Waals surface area contributed by atoms with Crippen LogP contribution in [0.25, 0.3) is 0 Å². The number of aliphatic carboxylic acids is 1. The Hall–Kier alpha value is -2.13. The molecule has 1 atom stereocenters. The summed E-state index contributed by atoms with van der Waals surface area (Å²) in [6.45, 7) is 0. The molecule has 0 saturated heterocycles. The monoisotopic (exact) mass is 302 g/mol. The van der Waals surface area contributed by atoms with E-state index in [0.29, 0.717) is 5.75 Å². The third kappa shape index (κ3) is 4.21. The van der Waals surface area contributed by atoms with Crippen LogP contribution in [0.1, 0.15) is 6.42 Å². The van der Waals surface area contributed by atoms with Gasteiger partial charge < -0.3 is 15.6 Å². The van der Waals surface area contributed by atoms with E-state index in [1.54, 1.807) is 0 Å². The van der Waals surface area contributed by atoms with Gasteiger partial charge in [-0.05, 0) is 12.1 Å². The summed E-state index contributed by atoms with van der Waals surface area (Å²) in [5.74, 6) is -2.12. The summed E-state index contributed by atoms with van der Waals surface area (Å²) < 4.78 is 30.8. The molecule has 1 amide bonds. The molecule has 1 aromatic carbocycles. The van der Waals surface area contributed by atoms with Crippen molar-refractivity contribution in [3.63, 3.8) is 0 Å². The van der Waals surface area contributed by atoms with Crippen LogP contribution < -0.4 is 15.2 Å². The maximum Gasteiger partial charge on any atom is 0.322 e. The predicted octanol–water partition coefficient (Wildman–Crippen LogP) is -0.698. The second-order valence-electron chi connectivity index (χ2n) is 3.86. The molecule has 0 unspecified atom stereocenters.